The molecule has 0 saturated heterocycles. The number of hydrogen-bond acceptors (Lipinski definition) is 5. The quantitative estimate of drug-likeness (QED) is 0.442. The van der Waals surface area contributed by atoms with Crippen LogP contribution in [0, 0.1) is 0 Å². The van der Waals surface area contributed by atoms with Crippen LogP contribution in [-0.2, 0) is 6.42 Å². The van der Waals surface area contributed by atoms with Gasteiger partial charge in [-0.05, 0) is 54.1 Å². The lowest BCUT2D eigenvalue weighted by molar-refractivity contribution is 0.0962. The maximum absolute atomic E-state index is 12.3. The summed E-state index contributed by atoms with van der Waals surface area (Å²) in [7, 11) is 0. The molecule has 0 aliphatic carbocycles. The van der Waals surface area contributed by atoms with Crippen LogP contribution in [-0.4, -0.2) is 21.1 Å². The van der Waals surface area contributed by atoms with Crippen molar-refractivity contribution >= 4 is 34.1 Å². The number of aromatic nitrogens is 3. The molecular weight excluding hydrogens is 390 g/mol. The number of carbonyl (C=O) groups excluding carboxylic acids is 1. The molecule has 0 aliphatic rings. The third kappa shape index (κ3) is 4.25. The number of anilines is 1. The smallest absolute Gasteiger partial charge is 0.273 e. The molecule has 3 N–H and O–H groups in total. The molecule has 0 spiro atoms. The van der Waals surface area contributed by atoms with E-state index in [2.05, 4.69) is 26.0 Å². The number of hydrazine groups is 1. The van der Waals surface area contributed by atoms with Crippen LogP contribution in [0.15, 0.2) is 71.7 Å². The summed E-state index contributed by atoms with van der Waals surface area (Å²) in [5.74, 6) is -0.263. The topological polar surface area (TPSA) is 99.8 Å². The number of H-pyrrole nitrogens is 1. The standard InChI is InChI=1S/C21H16ClN5O2/c22-15-7-9-16(10-8-15)24-26-20(28)14-5-3-13(4-6-14)12-18-19-17(2-1-11-23-19)21(29)27-25-18/h1-11,24H,12H2,(H,26,28)(H,27,29). The van der Waals surface area contributed by atoms with E-state index < -0.39 is 0 Å². The predicted molar refractivity (Wildman–Crippen MR) is 112 cm³/mol. The van der Waals surface area contributed by atoms with E-state index in [0.29, 0.717) is 33.6 Å². The summed E-state index contributed by atoms with van der Waals surface area (Å²) in [4.78, 5) is 28.5. The Bertz CT molecular complexity index is 1220. The van der Waals surface area contributed by atoms with E-state index in [1.807, 2.05) is 12.1 Å². The molecule has 8 heteroatoms. The van der Waals surface area contributed by atoms with Crippen LogP contribution in [0.2, 0.25) is 5.02 Å². The Hall–Kier alpha value is -3.71. The molecule has 0 atom stereocenters. The number of benzene rings is 2. The lowest BCUT2D eigenvalue weighted by Crippen LogP contribution is -2.29. The highest BCUT2D eigenvalue weighted by molar-refractivity contribution is 6.30. The van der Waals surface area contributed by atoms with Crippen LogP contribution >= 0.6 is 11.6 Å². The normalized spacial score (nSPS) is 10.7. The van der Waals surface area contributed by atoms with Gasteiger partial charge in [-0.25, -0.2) is 5.10 Å². The first-order chi connectivity index (χ1) is 14.1. The minimum atomic E-state index is -0.267. The molecule has 144 valence electrons. The zero-order valence-corrected chi connectivity index (χ0v) is 15.9. The van der Waals surface area contributed by atoms with Gasteiger partial charge in [0.2, 0.25) is 0 Å². The van der Waals surface area contributed by atoms with E-state index in [9.17, 15) is 9.59 Å². The van der Waals surface area contributed by atoms with Crippen molar-refractivity contribution in [1.29, 1.82) is 0 Å². The maximum Gasteiger partial charge on any atom is 0.273 e. The fourth-order valence-electron chi connectivity index (χ4n) is 2.87. The molecule has 29 heavy (non-hydrogen) atoms. The van der Waals surface area contributed by atoms with Gasteiger partial charge in [0.05, 0.1) is 22.3 Å². The van der Waals surface area contributed by atoms with E-state index in [4.69, 9.17) is 11.6 Å². The Kier molecular flexibility index (Phi) is 5.22. The summed E-state index contributed by atoms with van der Waals surface area (Å²) in [5.41, 5.74) is 8.63. The zero-order valence-electron chi connectivity index (χ0n) is 15.1. The van der Waals surface area contributed by atoms with Crippen molar-refractivity contribution in [2.75, 3.05) is 5.43 Å². The van der Waals surface area contributed by atoms with Crippen molar-refractivity contribution in [1.82, 2.24) is 20.6 Å². The highest BCUT2D eigenvalue weighted by atomic mass is 35.5. The Balaban J connectivity index is 1.45. The minimum absolute atomic E-state index is 0.263. The molecule has 0 aliphatic heterocycles. The van der Waals surface area contributed by atoms with Crippen molar-refractivity contribution in [3.05, 3.63) is 99.1 Å². The number of nitrogens with zero attached hydrogens (tertiary/aromatic N) is 2. The van der Waals surface area contributed by atoms with Gasteiger partial charge in [0.1, 0.15) is 0 Å². The maximum atomic E-state index is 12.3. The van der Waals surface area contributed by atoms with Gasteiger partial charge in [0.15, 0.2) is 0 Å². The van der Waals surface area contributed by atoms with Crippen molar-refractivity contribution in [3.63, 3.8) is 0 Å². The van der Waals surface area contributed by atoms with Crippen molar-refractivity contribution in [2.24, 2.45) is 0 Å². The molecule has 0 fully saturated rings. The van der Waals surface area contributed by atoms with Crippen molar-refractivity contribution in [2.45, 2.75) is 6.42 Å². The molecule has 0 radical (unpaired) electrons. The number of aromatic amines is 1. The predicted octanol–water partition coefficient (Wildman–Crippen LogP) is 3.32. The Morgan fingerprint density at radius 2 is 1.79 bits per heavy atom. The number of carbonyl (C=O) groups is 1. The number of halogens is 1. The van der Waals surface area contributed by atoms with Crippen LogP contribution < -0.4 is 16.4 Å². The molecule has 2 heterocycles. The van der Waals surface area contributed by atoms with Gasteiger partial charge >= 0.3 is 0 Å². The second-order valence-electron chi connectivity index (χ2n) is 6.36. The van der Waals surface area contributed by atoms with Gasteiger partial charge in [-0.15, -0.1) is 0 Å². The monoisotopic (exact) mass is 405 g/mol. The molecular formula is C21H16ClN5O2. The summed E-state index contributed by atoms with van der Waals surface area (Å²) in [5, 5.41) is 7.76. The first kappa shape index (κ1) is 18.6. The Morgan fingerprint density at radius 1 is 1.03 bits per heavy atom. The van der Waals surface area contributed by atoms with E-state index in [0.717, 1.165) is 11.3 Å². The number of fused-ring (bicyclic) bond motifs is 1. The molecule has 4 aromatic rings. The van der Waals surface area contributed by atoms with E-state index in [1.54, 1.807) is 54.7 Å². The Labute approximate surface area is 170 Å². The molecule has 0 bridgehead atoms. The summed E-state index contributed by atoms with van der Waals surface area (Å²) in [6.45, 7) is 0. The highest BCUT2D eigenvalue weighted by Crippen LogP contribution is 2.15. The second-order valence-corrected chi connectivity index (χ2v) is 6.80. The van der Waals surface area contributed by atoms with E-state index in [-0.39, 0.29) is 11.5 Å². The second kappa shape index (κ2) is 8.12. The van der Waals surface area contributed by atoms with Crippen LogP contribution in [0.3, 0.4) is 0 Å². The summed E-state index contributed by atoms with van der Waals surface area (Å²) < 4.78 is 0. The molecule has 1 amide bonds. The Morgan fingerprint density at radius 3 is 2.55 bits per heavy atom. The average molecular weight is 406 g/mol. The largest absolute Gasteiger partial charge is 0.298 e. The third-order valence-electron chi connectivity index (χ3n) is 4.37. The zero-order chi connectivity index (χ0) is 20.2. The van der Waals surface area contributed by atoms with Crippen LogP contribution in [0.5, 0.6) is 0 Å². The summed E-state index contributed by atoms with van der Waals surface area (Å²) in [6, 6.07) is 17.6. The average Bonchev–Trinajstić information content (AvgIpc) is 2.76. The lowest BCUT2D eigenvalue weighted by Gasteiger charge is -2.09. The minimum Gasteiger partial charge on any atom is -0.298 e. The number of rotatable bonds is 5. The van der Waals surface area contributed by atoms with Crippen LogP contribution in [0.25, 0.3) is 10.9 Å². The van der Waals surface area contributed by atoms with Gasteiger partial charge < -0.3 is 0 Å². The first-order valence-corrected chi connectivity index (χ1v) is 9.21. The highest BCUT2D eigenvalue weighted by Gasteiger charge is 2.10. The molecule has 4 rings (SSSR count). The van der Waals surface area contributed by atoms with Crippen molar-refractivity contribution < 1.29 is 4.79 Å². The van der Waals surface area contributed by atoms with Gasteiger partial charge in [-0.3, -0.25) is 25.4 Å². The molecule has 0 unspecified atom stereocenters. The van der Waals surface area contributed by atoms with Crippen LogP contribution in [0.1, 0.15) is 21.6 Å². The van der Waals surface area contributed by atoms with E-state index in [1.165, 1.54) is 0 Å². The number of hydrogen-bond donors (Lipinski definition) is 3. The SMILES string of the molecule is O=C(NNc1ccc(Cl)cc1)c1ccc(Cc2n[nH]c(=O)c3cccnc23)cc1. The number of nitrogens with one attached hydrogen (secondary N) is 3. The summed E-state index contributed by atoms with van der Waals surface area (Å²) >= 11 is 5.84. The third-order valence-corrected chi connectivity index (χ3v) is 4.62. The number of amides is 1. The molecule has 2 aromatic carbocycles. The van der Waals surface area contributed by atoms with E-state index >= 15 is 0 Å². The van der Waals surface area contributed by atoms with Gasteiger partial charge in [-0.2, -0.15) is 5.10 Å². The first-order valence-electron chi connectivity index (χ1n) is 8.83. The number of pyridine rings is 1. The van der Waals surface area contributed by atoms with Crippen LogP contribution in [0.4, 0.5) is 5.69 Å². The van der Waals surface area contributed by atoms with Gasteiger partial charge in [-0.1, -0.05) is 23.7 Å². The van der Waals surface area contributed by atoms with Gasteiger partial charge in [0, 0.05) is 23.2 Å². The van der Waals surface area contributed by atoms with Crippen molar-refractivity contribution in [3.8, 4) is 0 Å². The molecule has 7 nitrogen and oxygen atoms in total. The molecule has 2 aromatic heterocycles. The van der Waals surface area contributed by atoms with Gasteiger partial charge in [0.25, 0.3) is 11.5 Å². The summed E-state index contributed by atoms with van der Waals surface area (Å²) in [6.07, 6.45) is 2.11. The fraction of sp³-hybridized carbons (Fsp3) is 0.0476. The lowest BCUT2D eigenvalue weighted by atomic mass is 10.1. The fourth-order valence-corrected chi connectivity index (χ4v) is 3.00. The molecule has 0 saturated carbocycles.